The van der Waals surface area contributed by atoms with Gasteiger partial charge < -0.3 is 5.32 Å². The molecule has 2 rings (SSSR count). The van der Waals surface area contributed by atoms with E-state index < -0.39 is 17.8 Å². The monoisotopic (exact) mass is 353 g/mol. The number of para-hydroxylation sites is 1. The Morgan fingerprint density at radius 2 is 1.92 bits per heavy atom. The van der Waals surface area contributed by atoms with Crippen LogP contribution in [0.25, 0.3) is 0 Å². The summed E-state index contributed by atoms with van der Waals surface area (Å²) in [6, 6.07) is 7.36. The van der Waals surface area contributed by atoms with Gasteiger partial charge in [0.25, 0.3) is 0 Å². The van der Waals surface area contributed by atoms with Gasteiger partial charge in [-0.1, -0.05) is 32.0 Å². The zero-order chi connectivity index (χ0) is 18.6. The van der Waals surface area contributed by atoms with Crippen molar-refractivity contribution < 1.29 is 18.0 Å². The summed E-state index contributed by atoms with van der Waals surface area (Å²) in [5, 5.41) is 6.15. The van der Waals surface area contributed by atoms with Gasteiger partial charge in [0.15, 0.2) is 5.69 Å². The first-order valence-corrected chi connectivity index (χ1v) is 8.14. The Hall–Kier alpha value is -2.31. The molecule has 0 aliphatic rings. The van der Waals surface area contributed by atoms with Crippen molar-refractivity contribution in [2.75, 3.05) is 5.32 Å². The molecule has 136 valence electrons. The molecule has 7 heteroatoms. The molecule has 0 aliphatic carbocycles. The summed E-state index contributed by atoms with van der Waals surface area (Å²) >= 11 is 0. The van der Waals surface area contributed by atoms with Crippen LogP contribution in [0, 0.1) is 5.92 Å². The first-order valence-electron chi connectivity index (χ1n) is 8.14. The molecule has 0 spiro atoms. The second kappa shape index (κ2) is 7.72. The Bertz CT molecular complexity index is 735. The van der Waals surface area contributed by atoms with Crippen LogP contribution in [0.2, 0.25) is 0 Å². The number of carbonyl (C=O) groups excluding carboxylic acids is 1. The van der Waals surface area contributed by atoms with Gasteiger partial charge in [0.1, 0.15) is 0 Å². The number of hydrogen-bond donors (Lipinski definition) is 1. The van der Waals surface area contributed by atoms with E-state index in [1.807, 2.05) is 12.1 Å². The topological polar surface area (TPSA) is 46.9 Å². The van der Waals surface area contributed by atoms with E-state index >= 15 is 0 Å². The van der Waals surface area contributed by atoms with Crippen molar-refractivity contribution >= 4 is 11.6 Å². The predicted molar refractivity (Wildman–Crippen MR) is 90.1 cm³/mol. The molecule has 1 aromatic carbocycles. The number of carbonyl (C=O) groups is 1. The number of nitrogens with zero attached hydrogens (tertiary/aromatic N) is 2. The SMILES string of the molecule is CC(C)CCc1ccccc1NC(=O)Cc1cn(C)nc1C(F)(F)F. The second-order valence-corrected chi connectivity index (χ2v) is 6.49. The van der Waals surface area contributed by atoms with E-state index in [1.54, 1.807) is 12.1 Å². The van der Waals surface area contributed by atoms with Crippen molar-refractivity contribution in [3.05, 3.63) is 47.3 Å². The molecular weight excluding hydrogens is 331 g/mol. The maximum atomic E-state index is 13.0. The van der Waals surface area contributed by atoms with Crippen molar-refractivity contribution in [2.24, 2.45) is 13.0 Å². The Balaban J connectivity index is 2.12. The van der Waals surface area contributed by atoms with Crippen LogP contribution in [0.4, 0.5) is 18.9 Å². The number of benzene rings is 1. The highest BCUT2D eigenvalue weighted by atomic mass is 19.4. The fourth-order valence-corrected chi connectivity index (χ4v) is 2.58. The smallest absolute Gasteiger partial charge is 0.326 e. The summed E-state index contributed by atoms with van der Waals surface area (Å²) in [7, 11) is 1.40. The molecule has 0 fully saturated rings. The van der Waals surface area contributed by atoms with Gasteiger partial charge in [-0.2, -0.15) is 18.3 Å². The van der Waals surface area contributed by atoms with Crippen LogP contribution in [0.5, 0.6) is 0 Å². The molecule has 0 atom stereocenters. The van der Waals surface area contributed by atoms with Gasteiger partial charge in [0.2, 0.25) is 5.91 Å². The zero-order valence-corrected chi connectivity index (χ0v) is 14.5. The lowest BCUT2D eigenvalue weighted by Gasteiger charge is -2.12. The molecule has 0 aliphatic heterocycles. The van der Waals surface area contributed by atoms with E-state index in [0.717, 1.165) is 23.1 Å². The van der Waals surface area contributed by atoms with Gasteiger partial charge >= 0.3 is 6.18 Å². The third-order valence-corrected chi connectivity index (χ3v) is 3.81. The minimum Gasteiger partial charge on any atom is -0.326 e. The Morgan fingerprint density at radius 1 is 1.24 bits per heavy atom. The lowest BCUT2D eigenvalue weighted by molar-refractivity contribution is -0.142. The number of rotatable bonds is 6. The molecule has 0 saturated heterocycles. The zero-order valence-electron chi connectivity index (χ0n) is 14.5. The summed E-state index contributed by atoms with van der Waals surface area (Å²) in [6.07, 6.45) is -1.96. The van der Waals surface area contributed by atoms with Crippen LogP contribution in [-0.4, -0.2) is 15.7 Å². The third kappa shape index (κ3) is 5.34. The lowest BCUT2D eigenvalue weighted by atomic mass is 10.0. The maximum Gasteiger partial charge on any atom is 0.435 e. The van der Waals surface area contributed by atoms with Crippen LogP contribution >= 0.6 is 0 Å². The summed E-state index contributed by atoms with van der Waals surface area (Å²) in [6.45, 7) is 4.23. The largest absolute Gasteiger partial charge is 0.435 e. The molecule has 1 aromatic heterocycles. The van der Waals surface area contributed by atoms with Crippen LogP contribution in [-0.2, 0) is 30.9 Å². The second-order valence-electron chi connectivity index (χ2n) is 6.49. The Kier molecular flexibility index (Phi) is 5.87. The number of aromatic nitrogens is 2. The fourth-order valence-electron chi connectivity index (χ4n) is 2.58. The summed E-state index contributed by atoms with van der Waals surface area (Å²) < 4.78 is 40.0. The highest BCUT2D eigenvalue weighted by molar-refractivity contribution is 5.93. The van der Waals surface area contributed by atoms with E-state index in [9.17, 15) is 18.0 Å². The molecular formula is C18H22F3N3O. The first kappa shape index (κ1) is 19.0. The highest BCUT2D eigenvalue weighted by Crippen LogP contribution is 2.31. The van der Waals surface area contributed by atoms with Crippen LogP contribution in [0.1, 0.15) is 37.1 Å². The average Bonchev–Trinajstić information content (AvgIpc) is 2.87. The molecule has 25 heavy (non-hydrogen) atoms. The lowest BCUT2D eigenvalue weighted by Crippen LogP contribution is -2.18. The van der Waals surface area contributed by atoms with Crippen molar-refractivity contribution in [3.63, 3.8) is 0 Å². The number of hydrogen-bond acceptors (Lipinski definition) is 2. The summed E-state index contributed by atoms with van der Waals surface area (Å²) in [4.78, 5) is 12.2. The third-order valence-electron chi connectivity index (χ3n) is 3.81. The summed E-state index contributed by atoms with van der Waals surface area (Å²) in [5.74, 6) is 0.0315. The van der Waals surface area contributed by atoms with Gasteiger partial charge in [-0.3, -0.25) is 9.48 Å². The minimum atomic E-state index is -4.58. The highest BCUT2D eigenvalue weighted by Gasteiger charge is 2.37. The molecule has 2 aromatic rings. The van der Waals surface area contributed by atoms with Crippen LogP contribution in [0.15, 0.2) is 30.5 Å². The standard InChI is InChI=1S/C18H22F3N3O/c1-12(2)8-9-13-6-4-5-7-15(13)22-16(25)10-14-11-24(3)23-17(14)18(19,20)21/h4-7,11-12H,8-10H2,1-3H3,(H,22,25). The number of nitrogens with one attached hydrogen (secondary N) is 1. The minimum absolute atomic E-state index is 0.132. The van der Waals surface area contributed by atoms with Gasteiger partial charge in [0.05, 0.1) is 6.42 Å². The molecule has 0 radical (unpaired) electrons. The Labute approximate surface area is 145 Å². The van der Waals surface area contributed by atoms with Gasteiger partial charge in [-0.05, 0) is 30.4 Å². The van der Waals surface area contributed by atoms with E-state index in [-0.39, 0.29) is 12.0 Å². The average molecular weight is 353 g/mol. The van der Waals surface area contributed by atoms with Gasteiger partial charge in [0, 0.05) is 24.5 Å². The van der Waals surface area contributed by atoms with Crippen molar-refractivity contribution in [1.82, 2.24) is 9.78 Å². The molecule has 0 unspecified atom stereocenters. The predicted octanol–water partition coefficient (Wildman–Crippen LogP) is 4.21. The fraction of sp³-hybridized carbons (Fsp3) is 0.444. The molecule has 1 heterocycles. The number of halogens is 3. The van der Waals surface area contributed by atoms with E-state index in [0.29, 0.717) is 11.6 Å². The number of alkyl halides is 3. The molecule has 1 N–H and O–H groups in total. The summed E-state index contributed by atoms with van der Waals surface area (Å²) in [5.41, 5.74) is 0.475. The molecule has 1 amide bonds. The van der Waals surface area contributed by atoms with Crippen molar-refractivity contribution in [1.29, 1.82) is 0 Å². The van der Waals surface area contributed by atoms with E-state index in [4.69, 9.17) is 0 Å². The van der Waals surface area contributed by atoms with Gasteiger partial charge in [-0.15, -0.1) is 0 Å². The Morgan fingerprint density at radius 3 is 2.56 bits per heavy atom. The first-order chi connectivity index (χ1) is 11.7. The molecule has 4 nitrogen and oxygen atoms in total. The van der Waals surface area contributed by atoms with Crippen LogP contribution in [0.3, 0.4) is 0 Å². The molecule has 0 bridgehead atoms. The van der Waals surface area contributed by atoms with Crippen molar-refractivity contribution in [3.8, 4) is 0 Å². The number of aryl methyl sites for hydroxylation is 2. The quantitative estimate of drug-likeness (QED) is 0.846. The molecule has 0 saturated carbocycles. The normalized spacial score (nSPS) is 11.8. The maximum absolute atomic E-state index is 13.0. The number of amides is 1. The van der Waals surface area contributed by atoms with E-state index in [1.165, 1.54) is 13.2 Å². The van der Waals surface area contributed by atoms with Crippen molar-refractivity contribution in [2.45, 2.75) is 39.3 Å². The van der Waals surface area contributed by atoms with E-state index in [2.05, 4.69) is 24.3 Å². The van der Waals surface area contributed by atoms with Crippen LogP contribution < -0.4 is 5.32 Å². The van der Waals surface area contributed by atoms with Gasteiger partial charge in [-0.25, -0.2) is 0 Å². The number of anilines is 1.